The molecule has 11 nitrogen and oxygen atoms in total. The summed E-state index contributed by atoms with van der Waals surface area (Å²) in [5, 5.41) is 12.5. The summed E-state index contributed by atoms with van der Waals surface area (Å²) in [6, 6.07) is 9.87. The van der Waals surface area contributed by atoms with Gasteiger partial charge in [0.15, 0.2) is 5.13 Å². The third kappa shape index (κ3) is 7.11. The monoisotopic (exact) mass is 627 g/mol. The average molecular weight is 628 g/mol. The Kier molecular flexibility index (Phi) is 8.98. The minimum absolute atomic E-state index is 0.0309. The lowest BCUT2D eigenvalue weighted by Gasteiger charge is -2.39. The molecule has 226 valence electrons. The molecular formula is C26H28F3N5O6S2. The van der Waals surface area contributed by atoms with Crippen molar-refractivity contribution in [2.24, 2.45) is 0 Å². The van der Waals surface area contributed by atoms with Crippen molar-refractivity contribution >= 4 is 44.1 Å². The van der Waals surface area contributed by atoms with Crippen LogP contribution in [0.15, 0.2) is 53.4 Å². The second-order valence-electron chi connectivity index (χ2n) is 9.59. The first-order chi connectivity index (χ1) is 19.7. The second-order valence-corrected chi connectivity index (χ2v) is 12.5. The minimum Gasteiger partial charge on any atom is -0.477 e. The van der Waals surface area contributed by atoms with Crippen LogP contribution in [0.4, 0.5) is 24.0 Å². The second kappa shape index (κ2) is 12.1. The van der Waals surface area contributed by atoms with Crippen LogP contribution in [0.25, 0.3) is 0 Å². The van der Waals surface area contributed by atoms with Gasteiger partial charge in [-0.15, -0.1) is 13.2 Å². The number of rotatable bonds is 9. The van der Waals surface area contributed by atoms with Crippen LogP contribution in [-0.2, 0) is 21.4 Å². The number of ether oxygens (including phenoxy) is 1. The Morgan fingerprint density at radius 3 is 2.31 bits per heavy atom. The summed E-state index contributed by atoms with van der Waals surface area (Å²) < 4.78 is 69.8. The fraction of sp³-hybridized carbons (Fsp3) is 0.346. The molecule has 1 aliphatic rings. The maximum absolute atomic E-state index is 13.6. The van der Waals surface area contributed by atoms with E-state index in [1.807, 2.05) is 43.3 Å². The Labute approximate surface area is 244 Å². The fourth-order valence-corrected chi connectivity index (χ4v) is 6.84. The van der Waals surface area contributed by atoms with Gasteiger partial charge >= 0.3 is 12.3 Å². The predicted octanol–water partition coefficient (Wildman–Crippen LogP) is 3.31. The van der Waals surface area contributed by atoms with E-state index < -0.39 is 40.1 Å². The van der Waals surface area contributed by atoms with Gasteiger partial charge in [0.2, 0.25) is 15.9 Å². The summed E-state index contributed by atoms with van der Waals surface area (Å²) in [5.74, 6) is -2.34. The van der Waals surface area contributed by atoms with Gasteiger partial charge in [-0.05, 0) is 48.9 Å². The lowest BCUT2D eigenvalue weighted by atomic mass is 10.1. The zero-order valence-electron chi connectivity index (χ0n) is 22.8. The molecule has 2 aromatic carbocycles. The summed E-state index contributed by atoms with van der Waals surface area (Å²) >= 11 is 0.919. The fourth-order valence-electron chi connectivity index (χ4n) is 4.32. The maximum Gasteiger partial charge on any atom is 0.573 e. The van der Waals surface area contributed by atoms with E-state index in [2.05, 4.69) is 15.0 Å². The van der Waals surface area contributed by atoms with Gasteiger partial charge in [-0.25, -0.2) is 18.2 Å². The molecule has 0 saturated carbocycles. The minimum atomic E-state index is -4.94. The number of carbonyl (C=O) groups is 2. The number of hydrogen-bond acceptors (Lipinski definition) is 9. The van der Waals surface area contributed by atoms with Crippen molar-refractivity contribution < 1.29 is 41.0 Å². The molecule has 0 radical (unpaired) electrons. The normalized spacial score (nSPS) is 16.2. The number of hydrogen-bond donors (Lipinski definition) is 2. The van der Waals surface area contributed by atoms with Crippen LogP contribution in [0.3, 0.4) is 0 Å². The molecule has 2 N–H and O–H groups in total. The van der Waals surface area contributed by atoms with Gasteiger partial charge in [0.25, 0.3) is 0 Å². The zero-order chi connectivity index (χ0) is 30.8. The highest BCUT2D eigenvalue weighted by Crippen LogP contribution is 2.31. The smallest absolute Gasteiger partial charge is 0.477 e. The number of carboxylic acid groups (broad SMARTS) is 1. The van der Waals surface area contributed by atoms with Gasteiger partial charge in [-0.1, -0.05) is 23.5 Å². The molecule has 1 fully saturated rings. The molecule has 0 spiro atoms. The lowest BCUT2D eigenvalue weighted by Crippen LogP contribution is -2.60. The van der Waals surface area contributed by atoms with Crippen LogP contribution in [0, 0.1) is 6.92 Å². The number of amides is 1. The number of alkyl halides is 3. The summed E-state index contributed by atoms with van der Waals surface area (Å²) in [4.78, 5) is 32.6. The molecule has 1 aliphatic heterocycles. The molecule has 42 heavy (non-hydrogen) atoms. The van der Waals surface area contributed by atoms with Crippen molar-refractivity contribution in [3.63, 3.8) is 0 Å². The topological polar surface area (TPSA) is 132 Å². The Morgan fingerprint density at radius 2 is 1.76 bits per heavy atom. The van der Waals surface area contributed by atoms with Crippen molar-refractivity contribution in [1.29, 1.82) is 0 Å². The number of piperazine rings is 1. The van der Waals surface area contributed by atoms with Crippen LogP contribution < -0.4 is 19.9 Å². The third-order valence-corrected chi connectivity index (χ3v) is 9.60. The van der Waals surface area contributed by atoms with Crippen LogP contribution in [0.2, 0.25) is 0 Å². The molecule has 16 heteroatoms. The largest absolute Gasteiger partial charge is 0.573 e. The first-order valence-corrected chi connectivity index (χ1v) is 14.8. The molecule has 1 amide bonds. The highest BCUT2D eigenvalue weighted by Gasteiger charge is 2.41. The van der Waals surface area contributed by atoms with Crippen LogP contribution in [0.5, 0.6) is 5.75 Å². The molecule has 2 heterocycles. The van der Waals surface area contributed by atoms with Crippen molar-refractivity contribution in [1.82, 2.24) is 14.6 Å². The first-order valence-electron chi connectivity index (χ1n) is 12.5. The van der Waals surface area contributed by atoms with Crippen LogP contribution in [0.1, 0.15) is 20.9 Å². The Bertz CT molecular complexity index is 1540. The number of halogens is 3. The van der Waals surface area contributed by atoms with Gasteiger partial charge in [0.1, 0.15) is 16.7 Å². The zero-order valence-corrected chi connectivity index (χ0v) is 24.4. The summed E-state index contributed by atoms with van der Waals surface area (Å²) in [5.41, 5.74) is 2.02. The van der Waals surface area contributed by atoms with Gasteiger partial charge in [0, 0.05) is 46.0 Å². The Morgan fingerprint density at radius 1 is 1.12 bits per heavy atom. The first kappa shape index (κ1) is 31.1. The Hall–Kier alpha value is -3.89. The van der Waals surface area contributed by atoms with E-state index in [-0.39, 0.29) is 36.0 Å². The van der Waals surface area contributed by atoms with E-state index in [0.29, 0.717) is 10.8 Å². The number of nitrogens with one attached hydrogen (secondary N) is 1. The van der Waals surface area contributed by atoms with E-state index in [9.17, 15) is 36.3 Å². The number of aromatic nitrogens is 1. The number of nitrogens with zero attached hydrogens (tertiary/aromatic N) is 4. The molecule has 0 bridgehead atoms. The molecule has 1 aromatic heterocycles. The number of benzene rings is 2. The van der Waals surface area contributed by atoms with Crippen molar-refractivity contribution in [3.8, 4) is 5.75 Å². The van der Waals surface area contributed by atoms with Gasteiger partial charge in [0.05, 0.1) is 10.6 Å². The molecular weight excluding hydrogens is 599 g/mol. The SMILES string of the molecule is Cc1nc(N2CCN(S(=O)(=O)c3ccc(OC(F)(F)F)cc3)[C@@H](C(=O)NCc3ccc(N(C)C)cc3)C2)sc1C(=O)O. The number of aromatic carboxylic acids is 1. The van der Waals surface area contributed by atoms with E-state index in [1.165, 1.54) is 0 Å². The number of aryl methyl sites for hydroxylation is 1. The lowest BCUT2D eigenvalue weighted by molar-refractivity contribution is -0.274. The molecule has 4 rings (SSSR count). The number of thiazole rings is 1. The summed E-state index contributed by atoms with van der Waals surface area (Å²) in [6.45, 7) is 1.45. The van der Waals surface area contributed by atoms with Gasteiger partial charge in [-0.2, -0.15) is 4.31 Å². The number of anilines is 2. The average Bonchev–Trinajstić information content (AvgIpc) is 3.33. The summed E-state index contributed by atoms with van der Waals surface area (Å²) in [7, 11) is -0.565. The summed E-state index contributed by atoms with van der Waals surface area (Å²) in [6.07, 6.45) is -4.94. The number of sulfonamides is 1. The van der Waals surface area contributed by atoms with Gasteiger partial charge in [-0.3, -0.25) is 4.79 Å². The van der Waals surface area contributed by atoms with Crippen LogP contribution >= 0.6 is 11.3 Å². The number of carboxylic acids is 1. The standard InChI is InChI=1S/C26H28F3N5O6S2/c1-16-22(24(36)37)41-25(31-16)33-12-13-34(42(38,39)20-10-8-19(9-11-20)40-26(27,28)29)21(15-33)23(35)30-14-17-4-6-18(7-5-17)32(2)3/h4-11,21H,12-15H2,1-3H3,(H,30,35)(H,36,37)/t21-/m1/s1. The van der Waals surface area contributed by atoms with E-state index >= 15 is 0 Å². The van der Waals surface area contributed by atoms with E-state index in [0.717, 1.165) is 51.2 Å². The molecule has 1 saturated heterocycles. The number of carbonyl (C=O) groups excluding carboxylic acids is 1. The molecule has 1 atom stereocenters. The quantitative estimate of drug-likeness (QED) is 0.367. The predicted molar refractivity (Wildman–Crippen MR) is 149 cm³/mol. The van der Waals surface area contributed by atoms with Crippen molar-refractivity contribution in [3.05, 3.63) is 64.7 Å². The highest BCUT2D eigenvalue weighted by molar-refractivity contribution is 7.89. The molecule has 3 aromatic rings. The maximum atomic E-state index is 13.6. The van der Waals surface area contributed by atoms with Crippen molar-refractivity contribution in [2.75, 3.05) is 43.5 Å². The van der Waals surface area contributed by atoms with Crippen molar-refractivity contribution in [2.45, 2.75) is 30.8 Å². The Balaban J connectivity index is 1.60. The molecule has 0 unspecified atom stereocenters. The van der Waals surface area contributed by atoms with Gasteiger partial charge < -0.3 is 25.0 Å². The van der Waals surface area contributed by atoms with E-state index in [1.54, 1.807) is 11.8 Å². The molecule has 0 aliphatic carbocycles. The van der Waals surface area contributed by atoms with Crippen LogP contribution in [-0.4, -0.2) is 80.8 Å². The van der Waals surface area contributed by atoms with E-state index in [4.69, 9.17) is 0 Å². The third-order valence-electron chi connectivity index (χ3n) is 6.47. The highest BCUT2D eigenvalue weighted by atomic mass is 32.2.